The van der Waals surface area contributed by atoms with E-state index in [9.17, 15) is 0 Å². The minimum absolute atomic E-state index is 0.0259. The van der Waals surface area contributed by atoms with Crippen molar-refractivity contribution in [3.63, 3.8) is 0 Å². The van der Waals surface area contributed by atoms with Gasteiger partial charge in [-0.15, -0.1) is 0 Å². The lowest BCUT2D eigenvalue weighted by Crippen LogP contribution is -2.43. The molecule has 0 N–H and O–H groups in total. The monoisotopic (exact) mass is 2050 g/mol. The van der Waals surface area contributed by atoms with Crippen LogP contribution in [-0.4, -0.2) is 97.3 Å². The summed E-state index contributed by atoms with van der Waals surface area (Å²) in [5, 5.41) is 0. The third kappa shape index (κ3) is 22.0. The minimum atomic E-state index is -0.517. The molecular formula is C127H146Br2O14. The molecular weight excluding hydrogens is 1910 g/mol. The van der Waals surface area contributed by atoms with E-state index in [1.807, 2.05) is 0 Å². The molecule has 12 aromatic rings. The molecule has 0 atom stereocenters. The number of halogens is 2. The molecule has 0 radical (unpaired) electrons. The highest BCUT2D eigenvalue weighted by Crippen LogP contribution is 2.58. The van der Waals surface area contributed by atoms with Crippen LogP contribution in [0.5, 0.6) is 0 Å². The largest absolute Gasteiger partial charge is 0.359 e. The molecule has 0 saturated heterocycles. The van der Waals surface area contributed by atoms with E-state index in [0.29, 0.717) is 0 Å². The third-order valence-corrected chi connectivity index (χ3v) is 36.3. The molecule has 6 saturated carbocycles. The van der Waals surface area contributed by atoms with Gasteiger partial charge in [0.15, 0.2) is 0 Å². The van der Waals surface area contributed by atoms with Crippen molar-refractivity contribution in [2.24, 2.45) is 0 Å². The number of benzene rings is 12. The van der Waals surface area contributed by atoms with Crippen molar-refractivity contribution >= 4 is 31.9 Å². The quantitative estimate of drug-likeness (QED) is 0.0412. The summed E-state index contributed by atoms with van der Waals surface area (Å²) in [5.74, 6) is 0. The van der Waals surface area contributed by atoms with E-state index < -0.39 is 33.6 Å². The standard InChI is InChI=1S/C64H74Br2O8.C63H72O6/c1-59(51-15-7-47(8-16-51)48-9-17-52(18-10-48)60(2)33-37-62(38-34-60,72-44-68-4)55-23-27-57(65)28-24-55)31-35-61(36-32-59,71-43-67-3)53-19-11-49(12-20-53)50-13-21-54(22-14-50)63(73-45-69-5)39-41-64(42-40-63,74-46-70-6)56-25-29-58(66)30-26-56;1-58-31-33-59(2,34-32-58)53-21-9-48(10-22-53)49-15-27-56(28-16-49)62(68-44-65-5)39-41-63(42-40-62,69-45-66-6)57-29-17-51(18-30-57)50-13-25-55(26-14-50)61(67-43-64-4)37-35-60(3,36-38-61)54-23-11-47(12-24-54)46-7-19-52(58)20-8-46/h7-30H,31-46H2,1-6H3;7-30H,31-45H2,1-6H3. The average Bonchev–Trinajstić information content (AvgIpc) is 0.770. The Labute approximate surface area is 866 Å². The van der Waals surface area contributed by atoms with Gasteiger partial charge in [0.2, 0.25) is 0 Å². The average molecular weight is 2060 g/mol. The van der Waals surface area contributed by atoms with Gasteiger partial charge < -0.3 is 66.3 Å². The summed E-state index contributed by atoms with van der Waals surface area (Å²) < 4.78 is 86.9. The number of rotatable bonds is 29. The van der Waals surface area contributed by atoms with Crippen LogP contribution in [0.3, 0.4) is 0 Å². The topological polar surface area (TPSA) is 129 Å². The Morgan fingerprint density at radius 1 is 0.147 bits per heavy atom. The Kier molecular flexibility index (Phi) is 32.4. The van der Waals surface area contributed by atoms with Gasteiger partial charge in [-0.05, 0) is 328 Å². The lowest BCUT2D eigenvalue weighted by atomic mass is 9.60. The second kappa shape index (κ2) is 44.6. The molecule has 0 heterocycles. The summed E-state index contributed by atoms with van der Waals surface area (Å²) >= 11 is 7.19. The van der Waals surface area contributed by atoms with Gasteiger partial charge in [-0.25, -0.2) is 0 Å². The highest BCUT2D eigenvalue weighted by Gasteiger charge is 2.52. The maximum absolute atomic E-state index is 6.69. The fourth-order valence-corrected chi connectivity index (χ4v) is 25.5. The van der Waals surface area contributed by atoms with Gasteiger partial charge in [0.25, 0.3) is 0 Å². The smallest absolute Gasteiger partial charge is 0.147 e. The molecule has 25 aliphatic carbocycles. The molecule has 0 amide bonds. The summed E-state index contributed by atoms with van der Waals surface area (Å²) in [5.41, 5.74) is 24.7. The first-order chi connectivity index (χ1) is 69.3. The summed E-state index contributed by atoms with van der Waals surface area (Å²) in [7, 11) is 11.9. The lowest BCUT2D eigenvalue weighted by Gasteiger charge is -2.46. The van der Waals surface area contributed by atoms with Gasteiger partial charge in [0, 0.05) is 58.7 Å². The highest BCUT2D eigenvalue weighted by atomic mass is 79.9. The second-order valence-electron chi connectivity index (χ2n) is 43.4. The van der Waals surface area contributed by atoms with E-state index in [2.05, 4.69) is 358 Å². The van der Waals surface area contributed by atoms with Crippen LogP contribution in [0.4, 0.5) is 0 Å². The van der Waals surface area contributed by atoms with Crippen LogP contribution in [0.2, 0.25) is 0 Å². The molecule has 0 aromatic heterocycles. The van der Waals surface area contributed by atoms with Crippen molar-refractivity contribution in [2.45, 2.75) is 255 Å². The van der Waals surface area contributed by atoms with Crippen LogP contribution >= 0.6 is 31.9 Å². The Balaban J connectivity index is 0.000000189. The molecule has 0 spiro atoms. The molecule has 0 aliphatic heterocycles. The fourth-order valence-electron chi connectivity index (χ4n) is 25.0. The summed E-state index contributed by atoms with van der Waals surface area (Å²) in [6.45, 7) is 13.9. The molecule has 37 rings (SSSR count). The lowest BCUT2D eigenvalue weighted by molar-refractivity contribution is -0.203. The molecule has 0 unspecified atom stereocenters. The van der Waals surface area contributed by atoms with Crippen LogP contribution < -0.4 is 0 Å². The Morgan fingerprint density at radius 2 is 0.245 bits per heavy atom. The van der Waals surface area contributed by atoms with Crippen molar-refractivity contribution in [3.05, 3.63) is 367 Å². The van der Waals surface area contributed by atoms with Crippen molar-refractivity contribution in [1.29, 1.82) is 0 Å². The second-order valence-corrected chi connectivity index (χ2v) is 45.2. The predicted octanol–water partition coefficient (Wildman–Crippen LogP) is 31.2. The van der Waals surface area contributed by atoms with Crippen molar-refractivity contribution in [1.82, 2.24) is 0 Å². The first-order valence-corrected chi connectivity index (χ1v) is 53.4. The molecule has 6 fully saturated rings. The van der Waals surface area contributed by atoms with Gasteiger partial charge >= 0.3 is 0 Å². The van der Waals surface area contributed by atoms with E-state index in [1.165, 1.54) is 102 Å². The molecule has 143 heavy (non-hydrogen) atoms. The molecule has 12 aromatic carbocycles. The van der Waals surface area contributed by atoms with Crippen LogP contribution in [0.1, 0.15) is 255 Å². The molecule has 25 aliphatic rings. The molecule has 752 valence electrons. The summed E-state index contributed by atoms with van der Waals surface area (Å²) in [4.78, 5) is 0. The highest BCUT2D eigenvalue weighted by molar-refractivity contribution is 9.10. The third-order valence-electron chi connectivity index (χ3n) is 35.2. The SMILES string of the molecule is COCOC1(c2ccc(Br)cc2)CCC(C)(c2ccc(-c3ccc(C4(C)CCC(OCOC)(c5ccc(-c6ccc(C7(OCOC)CCC(OCOC)(c8ccc(Br)cc8)CC7)cc6)cc5)CC4)cc3)cc2)CC1.COCOC12CCC(C)(CC1)c1ccc(cc1)-c1ccc(cc1)C1(C)CCC(C)(CC1)c1ccc(cc1)-c1ccc(cc1)C1(OCOC)CCC(OCOC)(CC1)c1ccc(cc1)-c1ccc2cc1. The number of hydrogen-bond acceptors (Lipinski definition) is 14. The van der Waals surface area contributed by atoms with Crippen molar-refractivity contribution < 1.29 is 66.3 Å². The molecule has 16 heteroatoms. The Morgan fingerprint density at radius 3 is 0.364 bits per heavy atom. The number of hydrogen-bond donors (Lipinski definition) is 0. The minimum Gasteiger partial charge on any atom is -0.359 e. The summed E-state index contributed by atoms with van der Waals surface area (Å²) in [6, 6.07) is 109. The van der Waals surface area contributed by atoms with Gasteiger partial charge in [-0.2, -0.15) is 0 Å². The first kappa shape index (κ1) is 104. The maximum atomic E-state index is 6.69. The van der Waals surface area contributed by atoms with Gasteiger partial charge in [0.05, 0.1) is 39.2 Å². The Hall–Kier alpha value is -8.96. The predicted molar refractivity (Wildman–Crippen MR) is 578 cm³/mol. The van der Waals surface area contributed by atoms with Crippen molar-refractivity contribution in [3.8, 4) is 55.6 Å². The van der Waals surface area contributed by atoms with Crippen LogP contribution in [0.15, 0.2) is 300 Å². The number of ether oxygens (including phenoxy) is 14. The van der Waals surface area contributed by atoms with Gasteiger partial charge in [-0.1, -0.05) is 333 Å². The Bertz CT molecular complexity index is 6080. The maximum Gasteiger partial charge on any atom is 0.147 e. The number of methoxy groups -OCH3 is 7. The zero-order valence-electron chi connectivity index (χ0n) is 86.1. The zero-order valence-corrected chi connectivity index (χ0v) is 89.3. The van der Waals surface area contributed by atoms with E-state index in [0.717, 1.165) is 184 Å². The van der Waals surface area contributed by atoms with Crippen LogP contribution in [0, 0.1) is 0 Å². The normalized spacial score (nSPS) is 27.9. The molecule has 14 nitrogen and oxygen atoms in total. The van der Waals surface area contributed by atoms with E-state index in [1.54, 1.807) is 49.8 Å². The van der Waals surface area contributed by atoms with Crippen LogP contribution in [-0.2, 0) is 133 Å². The van der Waals surface area contributed by atoms with E-state index >= 15 is 0 Å². The summed E-state index contributed by atoms with van der Waals surface area (Å²) in [6.07, 6.45) is 22.5. The zero-order chi connectivity index (χ0) is 99.6. The van der Waals surface area contributed by atoms with Crippen molar-refractivity contribution in [2.75, 3.05) is 97.3 Å². The van der Waals surface area contributed by atoms with Gasteiger partial charge in [-0.3, -0.25) is 0 Å². The van der Waals surface area contributed by atoms with E-state index in [-0.39, 0.29) is 80.2 Å². The molecule has 18 bridgehead atoms. The van der Waals surface area contributed by atoms with Crippen LogP contribution in [0.25, 0.3) is 55.6 Å². The van der Waals surface area contributed by atoms with E-state index in [4.69, 9.17) is 66.3 Å². The van der Waals surface area contributed by atoms with Gasteiger partial charge in [0.1, 0.15) is 47.6 Å². The first-order valence-electron chi connectivity index (χ1n) is 51.8. The fraction of sp³-hybridized carbons (Fsp3) is 0.433.